The molecule has 78 valence electrons. The third-order valence-electron chi connectivity index (χ3n) is 3.25. The summed E-state index contributed by atoms with van der Waals surface area (Å²) in [4.78, 5) is 2.47. The Kier molecular flexibility index (Phi) is 4.16. The van der Waals surface area contributed by atoms with Gasteiger partial charge in [-0.05, 0) is 32.4 Å². The quantitative estimate of drug-likeness (QED) is 0.707. The van der Waals surface area contributed by atoms with E-state index >= 15 is 0 Å². The molecule has 0 atom stereocenters. The van der Waals surface area contributed by atoms with Crippen molar-refractivity contribution < 1.29 is 4.74 Å². The summed E-state index contributed by atoms with van der Waals surface area (Å²) in [7, 11) is 1.82. The summed E-state index contributed by atoms with van der Waals surface area (Å²) in [5.74, 6) is 0. The van der Waals surface area contributed by atoms with Crippen molar-refractivity contribution in [1.82, 2.24) is 4.90 Å². The second-order valence-corrected chi connectivity index (χ2v) is 3.86. The largest absolute Gasteiger partial charge is 0.378 e. The van der Waals surface area contributed by atoms with E-state index in [1.54, 1.807) is 0 Å². The normalized spacial score (nSPS) is 23.3. The molecule has 13 heavy (non-hydrogen) atoms. The summed E-state index contributed by atoms with van der Waals surface area (Å²) in [6, 6.07) is 0. The van der Waals surface area contributed by atoms with E-state index in [1.807, 2.05) is 7.11 Å². The van der Waals surface area contributed by atoms with E-state index in [0.717, 1.165) is 45.4 Å². The van der Waals surface area contributed by atoms with Crippen molar-refractivity contribution in [3.8, 4) is 0 Å². The highest BCUT2D eigenvalue weighted by Gasteiger charge is 2.32. The van der Waals surface area contributed by atoms with Crippen molar-refractivity contribution in [2.45, 2.75) is 31.8 Å². The summed E-state index contributed by atoms with van der Waals surface area (Å²) in [5, 5.41) is 0. The van der Waals surface area contributed by atoms with Crippen molar-refractivity contribution in [1.29, 1.82) is 0 Å². The second kappa shape index (κ2) is 4.94. The molecule has 1 aliphatic heterocycles. The molecule has 1 rings (SSSR count). The monoisotopic (exact) mass is 186 g/mol. The minimum absolute atomic E-state index is 0.0838. The molecule has 0 aromatic rings. The molecule has 0 aromatic heterocycles. The summed E-state index contributed by atoms with van der Waals surface area (Å²) in [6.45, 7) is 6.42. The molecule has 0 radical (unpaired) electrons. The molecule has 1 heterocycles. The van der Waals surface area contributed by atoms with E-state index < -0.39 is 0 Å². The number of rotatable bonds is 4. The van der Waals surface area contributed by atoms with Crippen LogP contribution in [0, 0.1) is 0 Å². The van der Waals surface area contributed by atoms with Crippen LogP contribution < -0.4 is 5.73 Å². The lowest BCUT2D eigenvalue weighted by Crippen LogP contribution is -2.46. The smallest absolute Gasteiger partial charge is 0.0715 e. The van der Waals surface area contributed by atoms with E-state index in [2.05, 4.69) is 11.8 Å². The highest BCUT2D eigenvalue weighted by Crippen LogP contribution is 2.28. The standard InChI is InChI=1S/C10H22N2O/c1-3-12-8-5-10(13-2,4-7-11)6-9-12/h3-9,11H2,1-2H3. The highest BCUT2D eigenvalue weighted by molar-refractivity contribution is 4.87. The van der Waals surface area contributed by atoms with E-state index in [0.29, 0.717) is 0 Å². The van der Waals surface area contributed by atoms with Crippen LogP contribution >= 0.6 is 0 Å². The molecule has 1 fully saturated rings. The topological polar surface area (TPSA) is 38.5 Å². The molecule has 0 aliphatic carbocycles. The lowest BCUT2D eigenvalue weighted by molar-refractivity contribution is -0.0600. The molecule has 0 bridgehead atoms. The van der Waals surface area contributed by atoms with Gasteiger partial charge in [0, 0.05) is 20.2 Å². The van der Waals surface area contributed by atoms with Crippen molar-refractivity contribution in [2.75, 3.05) is 33.3 Å². The first-order valence-corrected chi connectivity index (χ1v) is 5.24. The Morgan fingerprint density at radius 1 is 1.38 bits per heavy atom. The summed E-state index contributed by atoms with van der Waals surface area (Å²) in [5.41, 5.74) is 5.68. The predicted octanol–water partition coefficient (Wildman–Crippen LogP) is 0.836. The zero-order valence-electron chi connectivity index (χ0n) is 8.88. The summed E-state index contributed by atoms with van der Waals surface area (Å²) < 4.78 is 5.61. The van der Waals surface area contributed by atoms with Gasteiger partial charge >= 0.3 is 0 Å². The lowest BCUT2D eigenvalue weighted by Gasteiger charge is -2.40. The van der Waals surface area contributed by atoms with Crippen molar-refractivity contribution in [3.63, 3.8) is 0 Å². The SMILES string of the molecule is CCN1CCC(CCN)(OC)CC1. The van der Waals surface area contributed by atoms with Gasteiger partial charge in [0.2, 0.25) is 0 Å². The van der Waals surface area contributed by atoms with Crippen LogP contribution in [-0.2, 0) is 4.74 Å². The first kappa shape index (κ1) is 11.0. The number of ether oxygens (including phenoxy) is 1. The zero-order valence-corrected chi connectivity index (χ0v) is 8.88. The van der Waals surface area contributed by atoms with Gasteiger partial charge in [-0.15, -0.1) is 0 Å². The van der Waals surface area contributed by atoms with Crippen LogP contribution in [0.1, 0.15) is 26.2 Å². The van der Waals surface area contributed by atoms with Crippen LogP contribution in [0.4, 0.5) is 0 Å². The number of nitrogens with zero attached hydrogens (tertiary/aromatic N) is 1. The minimum Gasteiger partial charge on any atom is -0.378 e. The van der Waals surface area contributed by atoms with E-state index in [9.17, 15) is 0 Å². The molecule has 2 N–H and O–H groups in total. The van der Waals surface area contributed by atoms with Crippen LogP contribution in [0.3, 0.4) is 0 Å². The van der Waals surface area contributed by atoms with Crippen LogP contribution in [0.15, 0.2) is 0 Å². The van der Waals surface area contributed by atoms with Crippen molar-refractivity contribution in [2.24, 2.45) is 5.73 Å². The number of nitrogens with two attached hydrogens (primary N) is 1. The Labute approximate surface area is 81.2 Å². The number of likely N-dealkylation sites (tertiary alicyclic amines) is 1. The average molecular weight is 186 g/mol. The molecular formula is C10H22N2O. The maximum atomic E-state index is 5.61. The van der Waals surface area contributed by atoms with Gasteiger partial charge in [-0.3, -0.25) is 0 Å². The van der Waals surface area contributed by atoms with Gasteiger partial charge in [0.05, 0.1) is 5.60 Å². The fourth-order valence-electron chi connectivity index (χ4n) is 2.10. The molecule has 0 saturated carbocycles. The maximum absolute atomic E-state index is 5.61. The molecular weight excluding hydrogens is 164 g/mol. The van der Waals surface area contributed by atoms with Gasteiger partial charge in [-0.1, -0.05) is 6.92 Å². The first-order valence-electron chi connectivity index (χ1n) is 5.24. The number of methoxy groups -OCH3 is 1. The Hall–Kier alpha value is -0.120. The molecule has 0 amide bonds. The second-order valence-electron chi connectivity index (χ2n) is 3.86. The molecule has 3 heteroatoms. The fraction of sp³-hybridized carbons (Fsp3) is 1.00. The number of hydrogen-bond acceptors (Lipinski definition) is 3. The molecule has 1 saturated heterocycles. The lowest BCUT2D eigenvalue weighted by atomic mass is 9.88. The van der Waals surface area contributed by atoms with E-state index in [1.165, 1.54) is 0 Å². The third-order valence-corrected chi connectivity index (χ3v) is 3.25. The average Bonchev–Trinajstić information content (AvgIpc) is 2.19. The highest BCUT2D eigenvalue weighted by atomic mass is 16.5. The van der Waals surface area contributed by atoms with Gasteiger partial charge in [0.25, 0.3) is 0 Å². The van der Waals surface area contributed by atoms with Crippen LogP contribution in [-0.4, -0.2) is 43.8 Å². The molecule has 1 aliphatic rings. The van der Waals surface area contributed by atoms with Gasteiger partial charge in [-0.2, -0.15) is 0 Å². The zero-order chi connectivity index (χ0) is 9.73. The number of hydrogen-bond donors (Lipinski definition) is 1. The Morgan fingerprint density at radius 3 is 2.38 bits per heavy atom. The van der Waals surface area contributed by atoms with Gasteiger partial charge < -0.3 is 15.4 Å². The Bertz CT molecular complexity index is 142. The maximum Gasteiger partial charge on any atom is 0.0715 e. The van der Waals surface area contributed by atoms with Crippen molar-refractivity contribution >= 4 is 0 Å². The van der Waals surface area contributed by atoms with Crippen LogP contribution in [0.5, 0.6) is 0 Å². The molecule has 3 nitrogen and oxygen atoms in total. The Morgan fingerprint density at radius 2 is 2.00 bits per heavy atom. The summed E-state index contributed by atoms with van der Waals surface area (Å²) in [6.07, 6.45) is 3.27. The van der Waals surface area contributed by atoms with Gasteiger partial charge in [-0.25, -0.2) is 0 Å². The Balaban J connectivity index is 2.42. The first-order chi connectivity index (χ1) is 6.26. The van der Waals surface area contributed by atoms with Crippen LogP contribution in [0.2, 0.25) is 0 Å². The summed E-state index contributed by atoms with van der Waals surface area (Å²) >= 11 is 0. The fourth-order valence-corrected chi connectivity index (χ4v) is 2.10. The van der Waals surface area contributed by atoms with Gasteiger partial charge in [0.15, 0.2) is 0 Å². The van der Waals surface area contributed by atoms with E-state index in [4.69, 9.17) is 10.5 Å². The number of piperidine rings is 1. The molecule has 0 aromatic carbocycles. The minimum atomic E-state index is 0.0838. The molecule has 0 spiro atoms. The predicted molar refractivity (Wildman–Crippen MR) is 54.8 cm³/mol. The third kappa shape index (κ3) is 2.66. The van der Waals surface area contributed by atoms with E-state index in [-0.39, 0.29) is 5.60 Å². The molecule has 0 unspecified atom stereocenters. The van der Waals surface area contributed by atoms with Gasteiger partial charge in [0.1, 0.15) is 0 Å². The van der Waals surface area contributed by atoms with Crippen molar-refractivity contribution in [3.05, 3.63) is 0 Å². The van der Waals surface area contributed by atoms with Crippen LogP contribution in [0.25, 0.3) is 0 Å².